The summed E-state index contributed by atoms with van der Waals surface area (Å²) < 4.78 is 2.36. The van der Waals surface area contributed by atoms with Crippen LogP contribution in [-0.2, 0) is 9.59 Å². The molecule has 0 spiro atoms. The molecule has 8 nitrogen and oxygen atoms in total. The maximum Gasteiger partial charge on any atom is 0.328 e. The van der Waals surface area contributed by atoms with Crippen LogP contribution in [0.3, 0.4) is 0 Å². The molecule has 0 radical (unpaired) electrons. The molecule has 0 saturated heterocycles. The van der Waals surface area contributed by atoms with Gasteiger partial charge in [-0.1, -0.05) is 22.0 Å². The van der Waals surface area contributed by atoms with Gasteiger partial charge in [-0.3, -0.25) is 4.79 Å². The number of hydrogen-bond acceptors (Lipinski definition) is 5. The lowest BCUT2D eigenvalue weighted by atomic mass is 10.2. The van der Waals surface area contributed by atoms with E-state index in [1.807, 2.05) is 24.3 Å². The molecule has 2 aromatic rings. The second-order valence-electron chi connectivity index (χ2n) is 4.33. The van der Waals surface area contributed by atoms with E-state index >= 15 is 0 Å². The fourth-order valence-electron chi connectivity index (χ4n) is 1.73. The number of tetrazole rings is 1. The number of carbonyl (C=O) groups is 2. The second kappa shape index (κ2) is 6.94. The van der Waals surface area contributed by atoms with E-state index < -0.39 is 17.9 Å². The number of aliphatic carboxylic acids is 1. The molecular formula is C13H12BrN5O3. The molecule has 0 saturated carbocycles. The summed E-state index contributed by atoms with van der Waals surface area (Å²) in [6, 6.07) is 6.86. The van der Waals surface area contributed by atoms with Crippen LogP contribution >= 0.6 is 15.9 Å². The summed E-state index contributed by atoms with van der Waals surface area (Å²) in [5.74, 6) is -1.31. The molecule has 9 heteroatoms. The summed E-state index contributed by atoms with van der Waals surface area (Å²) in [6.07, 6.45) is 1.70. The van der Waals surface area contributed by atoms with Crippen molar-refractivity contribution in [3.05, 3.63) is 46.7 Å². The van der Waals surface area contributed by atoms with Crippen molar-refractivity contribution >= 4 is 27.8 Å². The topological polar surface area (TPSA) is 110 Å². The summed E-state index contributed by atoms with van der Waals surface area (Å²) in [7, 11) is 0. The number of nitrogens with one attached hydrogen (secondary N) is 1. The minimum atomic E-state index is -1.19. The molecule has 0 aliphatic carbocycles. The van der Waals surface area contributed by atoms with Crippen molar-refractivity contribution in [3.8, 4) is 5.69 Å². The van der Waals surface area contributed by atoms with Gasteiger partial charge in [-0.15, -0.1) is 5.10 Å². The number of carboxylic acid groups (broad SMARTS) is 1. The molecule has 1 aromatic heterocycles. The summed E-state index contributed by atoms with van der Waals surface area (Å²) in [5, 5.41) is 22.5. The molecule has 2 rings (SSSR count). The summed E-state index contributed by atoms with van der Waals surface area (Å²) >= 11 is 3.37. The van der Waals surface area contributed by atoms with E-state index in [0.29, 0.717) is 5.82 Å². The third-order valence-corrected chi connectivity index (χ3v) is 3.16. The van der Waals surface area contributed by atoms with Crippen LogP contribution in [0.5, 0.6) is 0 Å². The molecule has 1 aromatic carbocycles. The molecule has 0 aliphatic heterocycles. The number of hydrogen-bond donors (Lipinski definition) is 2. The number of aromatic nitrogens is 4. The van der Waals surface area contributed by atoms with Gasteiger partial charge in [0.25, 0.3) is 0 Å². The van der Waals surface area contributed by atoms with E-state index in [-0.39, 0.29) is 0 Å². The van der Waals surface area contributed by atoms with Crippen molar-refractivity contribution in [1.82, 2.24) is 25.5 Å². The van der Waals surface area contributed by atoms with E-state index in [1.165, 1.54) is 4.68 Å². The molecule has 2 N–H and O–H groups in total. The summed E-state index contributed by atoms with van der Waals surface area (Å²) in [6.45, 7) is 1.70. The van der Waals surface area contributed by atoms with Crippen molar-refractivity contribution in [2.24, 2.45) is 0 Å². The predicted octanol–water partition coefficient (Wildman–Crippen LogP) is 1.24. The van der Waals surface area contributed by atoms with Gasteiger partial charge in [0.15, 0.2) is 5.82 Å². The monoisotopic (exact) mass is 365 g/mol. The Bertz CT molecular complexity index is 728. The third-order valence-electron chi connectivity index (χ3n) is 2.67. The van der Waals surface area contributed by atoms with Crippen LogP contribution in [0, 0.1) is 0 Å². The molecule has 0 bridgehead atoms. The van der Waals surface area contributed by atoms with Gasteiger partial charge >= 0.3 is 5.97 Å². The van der Waals surface area contributed by atoms with Gasteiger partial charge in [0, 0.05) is 16.6 Å². The minimum absolute atomic E-state index is 0.426. The number of halogens is 1. The van der Waals surface area contributed by atoms with Crippen molar-refractivity contribution in [2.75, 3.05) is 0 Å². The normalized spacial score (nSPS) is 12.3. The van der Waals surface area contributed by atoms with E-state index in [0.717, 1.165) is 22.3 Å². The highest BCUT2D eigenvalue weighted by molar-refractivity contribution is 9.10. The number of carboxylic acids is 1. The Kier molecular flexibility index (Phi) is 4.99. The van der Waals surface area contributed by atoms with Gasteiger partial charge in [-0.05, 0) is 35.5 Å². The fraction of sp³-hybridized carbons (Fsp3) is 0.154. The Balaban J connectivity index is 2.18. The zero-order valence-corrected chi connectivity index (χ0v) is 13.1. The Morgan fingerprint density at radius 1 is 1.41 bits per heavy atom. The van der Waals surface area contributed by atoms with E-state index in [2.05, 4.69) is 36.8 Å². The van der Waals surface area contributed by atoms with Crippen molar-refractivity contribution < 1.29 is 14.7 Å². The Hall–Kier alpha value is -2.55. The van der Waals surface area contributed by atoms with Crippen molar-refractivity contribution in [3.63, 3.8) is 0 Å². The second-order valence-corrected chi connectivity index (χ2v) is 5.25. The third kappa shape index (κ3) is 3.98. The first-order chi connectivity index (χ1) is 10.5. The lowest BCUT2D eigenvalue weighted by Gasteiger charge is -2.12. The molecule has 0 fully saturated rings. The number of amides is 1. The highest BCUT2D eigenvalue weighted by Crippen LogP contribution is 2.18. The van der Waals surface area contributed by atoms with E-state index in [1.54, 1.807) is 6.92 Å². The average Bonchev–Trinajstić information content (AvgIpc) is 2.94. The highest BCUT2D eigenvalue weighted by atomic mass is 79.9. The average molecular weight is 366 g/mol. The summed E-state index contributed by atoms with van der Waals surface area (Å²) in [5.41, 5.74) is 0.733. The van der Waals surface area contributed by atoms with Gasteiger partial charge < -0.3 is 10.4 Å². The maximum absolute atomic E-state index is 11.6. The quantitative estimate of drug-likeness (QED) is 0.771. The molecule has 1 unspecified atom stereocenters. The predicted molar refractivity (Wildman–Crippen MR) is 80.2 cm³/mol. The molecule has 1 atom stereocenters. The van der Waals surface area contributed by atoms with Gasteiger partial charge in [-0.2, -0.15) is 4.68 Å². The standard InChI is InChI=1S/C13H12BrN5O3/c1-8(15-11(20)5-6-12(21)22)13-16-17-18-19(13)10-4-2-3-9(14)7-10/h2-8H,1H3,(H,15,20)(H,21,22)/b6-5+. The van der Waals surface area contributed by atoms with Crippen LogP contribution in [0.1, 0.15) is 18.8 Å². The maximum atomic E-state index is 11.6. The van der Waals surface area contributed by atoms with E-state index in [4.69, 9.17) is 5.11 Å². The first kappa shape index (κ1) is 15.8. The minimum Gasteiger partial charge on any atom is -0.478 e. The Morgan fingerprint density at radius 2 is 2.18 bits per heavy atom. The largest absolute Gasteiger partial charge is 0.478 e. The zero-order chi connectivity index (χ0) is 16.1. The molecule has 0 aliphatic rings. The molecule has 1 heterocycles. The van der Waals surface area contributed by atoms with Crippen LogP contribution in [0.4, 0.5) is 0 Å². The lowest BCUT2D eigenvalue weighted by molar-refractivity contribution is -0.131. The van der Waals surface area contributed by atoms with Gasteiger partial charge in [0.05, 0.1) is 11.7 Å². The smallest absolute Gasteiger partial charge is 0.328 e. The lowest BCUT2D eigenvalue weighted by Crippen LogP contribution is -2.27. The van der Waals surface area contributed by atoms with Crippen LogP contribution < -0.4 is 5.32 Å². The van der Waals surface area contributed by atoms with Crippen LogP contribution in [0.2, 0.25) is 0 Å². The van der Waals surface area contributed by atoms with Gasteiger partial charge in [0.1, 0.15) is 0 Å². The van der Waals surface area contributed by atoms with Gasteiger partial charge in [-0.25, -0.2) is 4.79 Å². The molecule has 22 heavy (non-hydrogen) atoms. The summed E-state index contributed by atoms with van der Waals surface area (Å²) in [4.78, 5) is 22.0. The number of nitrogens with zero attached hydrogens (tertiary/aromatic N) is 4. The van der Waals surface area contributed by atoms with Gasteiger partial charge in [0.2, 0.25) is 5.91 Å². The number of carbonyl (C=O) groups excluding carboxylic acids is 1. The first-order valence-electron chi connectivity index (χ1n) is 6.23. The van der Waals surface area contributed by atoms with Crippen LogP contribution in [0.15, 0.2) is 40.9 Å². The molecule has 1 amide bonds. The highest BCUT2D eigenvalue weighted by Gasteiger charge is 2.17. The molecule has 114 valence electrons. The SMILES string of the molecule is CC(NC(=O)/C=C/C(=O)O)c1nnnn1-c1cccc(Br)c1. The van der Waals surface area contributed by atoms with Crippen molar-refractivity contribution in [2.45, 2.75) is 13.0 Å². The van der Waals surface area contributed by atoms with Crippen LogP contribution in [0.25, 0.3) is 5.69 Å². The Morgan fingerprint density at radius 3 is 2.86 bits per heavy atom. The number of rotatable bonds is 5. The zero-order valence-electron chi connectivity index (χ0n) is 11.5. The molecular weight excluding hydrogens is 354 g/mol. The number of benzene rings is 1. The first-order valence-corrected chi connectivity index (χ1v) is 7.02. The van der Waals surface area contributed by atoms with Crippen molar-refractivity contribution in [1.29, 1.82) is 0 Å². The fourth-order valence-corrected chi connectivity index (χ4v) is 2.12. The van der Waals surface area contributed by atoms with Crippen LogP contribution in [-0.4, -0.2) is 37.2 Å². The Labute approximate surface area is 134 Å². The van der Waals surface area contributed by atoms with E-state index in [9.17, 15) is 9.59 Å².